The predicted molar refractivity (Wildman–Crippen MR) is 68.4 cm³/mol. The molecule has 0 aliphatic heterocycles. The van der Waals surface area contributed by atoms with E-state index in [9.17, 15) is 9.18 Å². The molecule has 4 N–H and O–H groups in total. The van der Waals surface area contributed by atoms with Crippen LogP contribution in [0.25, 0.3) is 0 Å². The average molecular weight is 313 g/mol. The number of anilines is 1. The van der Waals surface area contributed by atoms with Gasteiger partial charge in [-0.1, -0.05) is 15.9 Å². The minimum absolute atomic E-state index is 0.0162. The van der Waals surface area contributed by atoms with Gasteiger partial charge < -0.3 is 11.5 Å². The molecule has 18 heavy (non-hydrogen) atoms. The summed E-state index contributed by atoms with van der Waals surface area (Å²) in [6, 6.07) is 4.33. The number of halogens is 2. The van der Waals surface area contributed by atoms with Crippen LogP contribution in [-0.4, -0.2) is 15.7 Å². The Hall–Kier alpha value is -1.89. The number of primary amides is 1. The summed E-state index contributed by atoms with van der Waals surface area (Å²) < 4.78 is 15.3. The normalized spacial score (nSPS) is 10.6. The zero-order chi connectivity index (χ0) is 13.3. The van der Waals surface area contributed by atoms with E-state index >= 15 is 0 Å². The molecule has 0 atom stereocenters. The molecule has 2 rings (SSSR count). The lowest BCUT2D eigenvalue weighted by Crippen LogP contribution is -2.14. The topological polar surface area (TPSA) is 86.9 Å². The molecule has 1 amide bonds. The van der Waals surface area contributed by atoms with Gasteiger partial charge in [-0.2, -0.15) is 5.10 Å². The van der Waals surface area contributed by atoms with E-state index in [0.29, 0.717) is 5.56 Å². The van der Waals surface area contributed by atoms with Crippen molar-refractivity contribution in [2.24, 2.45) is 5.73 Å². The van der Waals surface area contributed by atoms with Crippen molar-refractivity contribution in [1.29, 1.82) is 0 Å². The standard InChI is InChI=1S/C11H10BrFN4O/c12-8-2-1-7(13)3-6(8)4-17-5-9(14)10(16-17)11(15)18/h1-3,5H,4,14H2,(H2,15,18). The van der Waals surface area contributed by atoms with Crippen molar-refractivity contribution in [2.45, 2.75) is 6.54 Å². The Morgan fingerprint density at radius 3 is 2.83 bits per heavy atom. The SMILES string of the molecule is NC(=O)c1nn(Cc2cc(F)ccc2Br)cc1N. The largest absolute Gasteiger partial charge is 0.396 e. The second-order valence-corrected chi connectivity index (χ2v) is 4.58. The van der Waals surface area contributed by atoms with Gasteiger partial charge in [-0.15, -0.1) is 0 Å². The molecule has 0 aliphatic rings. The second-order valence-electron chi connectivity index (χ2n) is 3.73. The Morgan fingerprint density at radius 1 is 1.50 bits per heavy atom. The summed E-state index contributed by atoms with van der Waals surface area (Å²) in [4.78, 5) is 11.0. The molecule has 0 radical (unpaired) electrons. The zero-order valence-corrected chi connectivity index (χ0v) is 10.8. The molecule has 0 saturated heterocycles. The summed E-state index contributed by atoms with van der Waals surface area (Å²) in [7, 11) is 0. The molecule has 0 aliphatic carbocycles. The second kappa shape index (κ2) is 4.77. The minimum Gasteiger partial charge on any atom is -0.396 e. The fraction of sp³-hybridized carbons (Fsp3) is 0.0909. The highest BCUT2D eigenvalue weighted by molar-refractivity contribution is 9.10. The number of hydrogen-bond acceptors (Lipinski definition) is 3. The Balaban J connectivity index is 2.31. The van der Waals surface area contributed by atoms with Crippen LogP contribution in [0.4, 0.5) is 10.1 Å². The first kappa shape index (κ1) is 12.6. The third-order valence-corrected chi connectivity index (χ3v) is 3.14. The number of nitrogen functional groups attached to an aromatic ring is 1. The number of aromatic nitrogens is 2. The van der Waals surface area contributed by atoms with E-state index in [4.69, 9.17) is 11.5 Å². The Kier molecular flexibility index (Phi) is 3.33. The van der Waals surface area contributed by atoms with E-state index in [0.717, 1.165) is 4.47 Å². The number of carbonyl (C=O) groups is 1. The number of hydrogen-bond donors (Lipinski definition) is 2. The van der Waals surface area contributed by atoms with Crippen molar-refractivity contribution in [1.82, 2.24) is 9.78 Å². The quantitative estimate of drug-likeness (QED) is 0.900. The highest BCUT2D eigenvalue weighted by Gasteiger charge is 2.12. The third-order valence-electron chi connectivity index (χ3n) is 2.36. The van der Waals surface area contributed by atoms with E-state index in [-0.39, 0.29) is 23.7 Å². The fourth-order valence-electron chi connectivity index (χ4n) is 1.55. The van der Waals surface area contributed by atoms with Crippen LogP contribution in [0.5, 0.6) is 0 Å². The Morgan fingerprint density at radius 2 is 2.22 bits per heavy atom. The lowest BCUT2D eigenvalue weighted by molar-refractivity contribution is 0.0995. The van der Waals surface area contributed by atoms with Crippen molar-refractivity contribution < 1.29 is 9.18 Å². The lowest BCUT2D eigenvalue weighted by atomic mass is 10.2. The number of nitrogens with two attached hydrogens (primary N) is 2. The first-order valence-corrected chi connectivity index (χ1v) is 5.83. The van der Waals surface area contributed by atoms with E-state index in [2.05, 4.69) is 21.0 Å². The van der Waals surface area contributed by atoms with Gasteiger partial charge in [0.25, 0.3) is 5.91 Å². The minimum atomic E-state index is -0.690. The van der Waals surface area contributed by atoms with Gasteiger partial charge in [0, 0.05) is 10.7 Å². The lowest BCUT2D eigenvalue weighted by Gasteiger charge is -2.04. The Bertz CT molecular complexity index is 611. The summed E-state index contributed by atoms with van der Waals surface area (Å²) in [6.45, 7) is 0.288. The van der Waals surface area contributed by atoms with E-state index < -0.39 is 5.91 Å². The first-order valence-electron chi connectivity index (χ1n) is 5.04. The van der Waals surface area contributed by atoms with Crippen LogP contribution in [-0.2, 0) is 6.54 Å². The maximum Gasteiger partial charge on any atom is 0.271 e. The van der Waals surface area contributed by atoms with Crippen molar-refractivity contribution in [2.75, 3.05) is 5.73 Å². The van der Waals surface area contributed by atoms with Gasteiger partial charge in [0.2, 0.25) is 0 Å². The Labute approximate surface area is 111 Å². The predicted octanol–water partition coefficient (Wildman–Crippen LogP) is 1.51. The molecule has 1 aromatic heterocycles. The fourth-order valence-corrected chi connectivity index (χ4v) is 1.92. The van der Waals surface area contributed by atoms with Crippen LogP contribution in [0.15, 0.2) is 28.9 Å². The zero-order valence-electron chi connectivity index (χ0n) is 9.23. The molecule has 7 heteroatoms. The maximum absolute atomic E-state index is 13.1. The van der Waals surface area contributed by atoms with Gasteiger partial charge >= 0.3 is 0 Å². The van der Waals surface area contributed by atoms with Crippen LogP contribution in [0.3, 0.4) is 0 Å². The van der Waals surface area contributed by atoms with Gasteiger partial charge in [0.15, 0.2) is 5.69 Å². The van der Waals surface area contributed by atoms with Gasteiger partial charge in [-0.05, 0) is 23.8 Å². The number of carbonyl (C=O) groups excluding carboxylic acids is 1. The molecule has 5 nitrogen and oxygen atoms in total. The molecule has 0 fully saturated rings. The van der Waals surface area contributed by atoms with Crippen LogP contribution in [0.1, 0.15) is 16.1 Å². The van der Waals surface area contributed by atoms with Crippen molar-refractivity contribution in [3.05, 3.63) is 45.9 Å². The number of benzene rings is 1. The van der Waals surface area contributed by atoms with E-state index in [1.807, 2.05) is 0 Å². The summed E-state index contributed by atoms with van der Waals surface area (Å²) in [6.07, 6.45) is 1.48. The molecule has 1 heterocycles. The molecule has 94 valence electrons. The van der Waals surface area contributed by atoms with Gasteiger partial charge in [-0.3, -0.25) is 9.48 Å². The van der Waals surface area contributed by atoms with E-state index in [1.54, 1.807) is 6.07 Å². The van der Waals surface area contributed by atoms with Crippen molar-refractivity contribution >= 4 is 27.5 Å². The smallest absolute Gasteiger partial charge is 0.271 e. The molecular formula is C11H10BrFN4O. The van der Waals surface area contributed by atoms with Crippen LogP contribution in [0.2, 0.25) is 0 Å². The average Bonchev–Trinajstić information content (AvgIpc) is 2.65. The van der Waals surface area contributed by atoms with Crippen LogP contribution >= 0.6 is 15.9 Å². The van der Waals surface area contributed by atoms with Crippen molar-refractivity contribution in [3.8, 4) is 0 Å². The summed E-state index contributed by atoms with van der Waals surface area (Å²) >= 11 is 3.31. The van der Waals surface area contributed by atoms with Gasteiger partial charge in [0.05, 0.1) is 12.2 Å². The summed E-state index contributed by atoms with van der Waals surface area (Å²) in [5, 5.41) is 3.95. The highest BCUT2D eigenvalue weighted by Crippen LogP contribution is 2.19. The summed E-state index contributed by atoms with van der Waals surface area (Å²) in [5.74, 6) is -1.03. The molecule has 1 aromatic carbocycles. The first-order chi connectivity index (χ1) is 8.47. The van der Waals surface area contributed by atoms with E-state index in [1.165, 1.54) is 23.0 Å². The maximum atomic E-state index is 13.1. The van der Waals surface area contributed by atoms with Gasteiger partial charge in [0.1, 0.15) is 5.82 Å². The number of nitrogens with zero attached hydrogens (tertiary/aromatic N) is 2. The van der Waals surface area contributed by atoms with Gasteiger partial charge in [-0.25, -0.2) is 4.39 Å². The molecule has 0 bridgehead atoms. The van der Waals surface area contributed by atoms with Crippen LogP contribution in [0, 0.1) is 5.82 Å². The number of amides is 1. The van der Waals surface area contributed by atoms with Crippen molar-refractivity contribution in [3.63, 3.8) is 0 Å². The summed E-state index contributed by atoms with van der Waals surface area (Å²) in [5.41, 5.74) is 11.6. The number of rotatable bonds is 3. The molecule has 0 spiro atoms. The van der Waals surface area contributed by atoms with Crippen LogP contribution < -0.4 is 11.5 Å². The molecule has 2 aromatic rings. The monoisotopic (exact) mass is 312 g/mol. The molecule has 0 unspecified atom stereocenters. The molecule has 0 saturated carbocycles. The highest BCUT2D eigenvalue weighted by atomic mass is 79.9. The molecular weight excluding hydrogens is 303 g/mol. The third kappa shape index (κ3) is 2.51.